The van der Waals surface area contributed by atoms with Crippen molar-refractivity contribution in [3.8, 4) is 0 Å². The molecule has 0 aliphatic rings. The molecule has 1 aromatic carbocycles. The smallest absolute Gasteiger partial charge is 0.256 e. The lowest BCUT2D eigenvalue weighted by atomic mass is 10.1. The van der Waals surface area contributed by atoms with Crippen LogP contribution in [0.2, 0.25) is 0 Å². The molecule has 78 valence electrons. The van der Waals surface area contributed by atoms with Gasteiger partial charge in [0, 0.05) is 0 Å². The van der Waals surface area contributed by atoms with Crippen molar-refractivity contribution in [2.75, 3.05) is 5.43 Å². The average molecular weight is 204 g/mol. The normalized spacial score (nSPS) is 12.3. The molecule has 0 saturated carbocycles. The molecule has 2 rings (SSSR count). The Hall–Kier alpha value is -2.04. The first-order chi connectivity index (χ1) is 7.25. The van der Waals surface area contributed by atoms with Crippen LogP contribution >= 0.6 is 0 Å². The molecule has 1 unspecified atom stereocenters. The van der Waals surface area contributed by atoms with Gasteiger partial charge in [0.1, 0.15) is 11.9 Å². The van der Waals surface area contributed by atoms with Crippen LogP contribution in [0.15, 0.2) is 41.1 Å². The van der Waals surface area contributed by atoms with Gasteiger partial charge in [-0.15, -0.1) is 0 Å². The Bertz CT molecular complexity index is 426. The van der Waals surface area contributed by atoms with Gasteiger partial charge in [0.15, 0.2) is 0 Å². The molecule has 0 aliphatic heterocycles. The predicted molar refractivity (Wildman–Crippen MR) is 54.9 cm³/mol. The van der Waals surface area contributed by atoms with E-state index in [-0.39, 0.29) is 11.9 Å². The number of hydrogen-bond acceptors (Lipinski definition) is 3. The van der Waals surface area contributed by atoms with E-state index in [1.54, 1.807) is 0 Å². The Labute approximate surface area is 87.4 Å². The topological polar surface area (TPSA) is 65.7 Å². The summed E-state index contributed by atoms with van der Waals surface area (Å²) >= 11 is 0. The molecular weight excluding hydrogens is 192 g/mol. The van der Waals surface area contributed by atoms with E-state index < -0.39 is 0 Å². The van der Waals surface area contributed by atoms with Gasteiger partial charge in [0.2, 0.25) is 5.27 Å². The summed E-state index contributed by atoms with van der Waals surface area (Å²) in [7, 11) is 0. The summed E-state index contributed by atoms with van der Waals surface area (Å²) in [6, 6.07) is 10.1. The van der Waals surface area contributed by atoms with Crippen molar-refractivity contribution in [3.63, 3.8) is 0 Å². The van der Waals surface area contributed by atoms with E-state index >= 15 is 0 Å². The van der Waals surface area contributed by atoms with Crippen molar-refractivity contribution in [1.82, 2.24) is 5.27 Å². The summed E-state index contributed by atoms with van der Waals surface area (Å²) in [6.07, 6.45) is 1.47. The summed E-state index contributed by atoms with van der Waals surface area (Å²) in [5.74, 6) is 0.0303. The number of rotatable bonds is 3. The molecule has 0 aliphatic carbocycles. The van der Waals surface area contributed by atoms with Crippen LogP contribution in [-0.4, -0.2) is 5.27 Å². The second-order valence-electron chi connectivity index (χ2n) is 3.27. The minimum atomic E-state index is 0.0303. The van der Waals surface area contributed by atoms with Gasteiger partial charge in [-0.05, 0) is 12.5 Å². The average Bonchev–Trinajstić information content (AvgIpc) is 2.65. The van der Waals surface area contributed by atoms with Crippen LogP contribution in [0.25, 0.3) is 5.73 Å². The van der Waals surface area contributed by atoms with Gasteiger partial charge < -0.3 is 10.3 Å². The molecule has 1 aromatic heterocycles. The lowest BCUT2D eigenvalue weighted by Gasteiger charge is -2.06. The second-order valence-corrected chi connectivity index (χ2v) is 3.27. The maximum atomic E-state index is 7.17. The highest BCUT2D eigenvalue weighted by Crippen LogP contribution is 2.11. The van der Waals surface area contributed by atoms with Gasteiger partial charge in [-0.3, -0.25) is 0 Å². The fourth-order valence-electron chi connectivity index (χ4n) is 1.32. The van der Waals surface area contributed by atoms with Crippen molar-refractivity contribution >= 4 is 5.88 Å². The molecule has 0 saturated heterocycles. The lowest BCUT2D eigenvalue weighted by Crippen LogP contribution is -2.47. The zero-order valence-electron chi connectivity index (χ0n) is 8.34. The first-order valence-corrected chi connectivity index (χ1v) is 4.67. The Balaban J connectivity index is 2.07. The monoisotopic (exact) mass is 204 g/mol. The third-order valence-corrected chi connectivity index (χ3v) is 2.09. The zero-order valence-corrected chi connectivity index (χ0v) is 8.34. The summed E-state index contributed by atoms with van der Waals surface area (Å²) in [4.78, 5) is 1.40. The number of benzene rings is 1. The Morgan fingerprint density at radius 3 is 2.73 bits per heavy atom. The van der Waals surface area contributed by atoms with Crippen molar-refractivity contribution in [2.45, 2.75) is 13.0 Å². The maximum absolute atomic E-state index is 7.17. The van der Waals surface area contributed by atoms with E-state index in [4.69, 9.17) is 5.73 Å². The Morgan fingerprint density at radius 1 is 1.40 bits per heavy atom. The molecular formula is C10H12N4O. The fourth-order valence-corrected chi connectivity index (χ4v) is 1.32. The van der Waals surface area contributed by atoms with E-state index in [9.17, 15) is 0 Å². The van der Waals surface area contributed by atoms with E-state index in [0.717, 1.165) is 5.56 Å². The van der Waals surface area contributed by atoms with Crippen LogP contribution in [0.1, 0.15) is 18.5 Å². The summed E-state index contributed by atoms with van der Waals surface area (Å²) < 4.78 is 4.62. The molecule has 5 heteroatoms. The predicted octanol–water partition coefficient (Wildman–Crippen LogP) is 1.95. The molecule has 5 nitrogen and oxygen atoms in total. The molecule has 15 heavy (non-hydrogen) atoms. The van der Waals surface area contributed by atoms with Gasteiger partial charge in [-0.2, -0.15) is 5.43 Å². The Kier molecular flexibility index (Phi) is 2.53. The quantitative estimate of drug-likeness (QED) is 0.777. The number of aromatic nitrogens is 2. The highest BCUT2D eigenvalue weighted by Gasteiger charge is 2.11. The van der Waals surface area contributed by atoms with Gasteiger partial charge in [-0.1, -0.05) is 30.3 Å². The van der Waals surface area contributed by atoms with Crippen molar-refractivity contribution in [2.24, 2.45) is 0 Å². The highest BCUT2D eigenvalue weighted by molar-refractivity contribution is 5.21. The summed E-state index contributed by atoms with van der Waals surface area (Å²) in [6.45, 7) is 2.01. The zero-order chi connectivity index (χ0) is 10.7. The second kappa shape index (κ2) is 4.00. The molecule has 0 radical (unpaired) electrons. The van der Waals surface area contributed by atoms with Crippen LogP contribution in [0.5, 0.6) is 0 Å². The lowest BCUT2D eigenvalue weighted by molar-refractivity contribution is -0.722. The Morgan fingerprint density at radius 2 is 2.13 bits per heavy atom. The standard InChI is InChI=1S/C10H12N4O/c1-8(9-5-3-2-4-6-9)12-14-7-10(11)15-13-14/h2-8,11H,1H3,(H,12,13). The van der Waals surface area contributed by atoms with Crippen LogP contribution in [0.3, 0.4) is 0 Å². The van der Waals surface area contributed by atoms with Crippen molar-refractivity contribution < 1.29 is 9.31 Å². The van der Waals surface area contributed by atoms with Gasteiger partial charge in [0.05, 0.1) is 4.79 Å². The fraction of sp³-hybridized carbons (Fsp3) is 0.200. The van der Waals surface area contributed by atoms with E-state index in [1.807, 2.05) is 37.3 Å². The molecule has 2 N–H and O–H groups in total. The van der Waals surface area contributed by atoms with Gasteiger partial charge >= 0.3 is 0 Å². The van der Waals surface area contributed by atoms with Crippen LogP contribution in [0.4, 0.5) is 5.88 Å². The van der Waals surface area contributed by atoms with Crippen molar-refractivity contribution in [1.29, 1.82) is 0 Å². The third kappa shape index (κ3) is 2.25. The van der Waals surface area contributed by atoms with E-state index in [2.05, 4.69) is 15.2 Å². The SMILES string of the molecule is CC(N[n+]1cc([NH-])on1)c1ccccc1. The molecule has 1 atom stereocenters. The van der Waals surface area contributed by atoms with Gasteiger partial charge in [0.25, 0.3) is 6.20 Å². The minimum Gasteiger partial charge on any atom is -0.660 e. The van der Waals surface area contributed by atoms with Crippen molar-refractivity contribution in [3.05, 3.63) is 47.8 Å². The van der Waals surface area contributed by atoms with E-state index in [0.29, 0.717) is 0 Å². The summed E-state index contributed by atoms with van der Waals surface area (Å²) in [5.41, 5.74) is 11.4. The third-order valence-electron chi connectivity index (χ3n) is 2.09. The van der Waals surface area contributed by atoms with Crippen LogP contribution in [0, 0.1) is 0 Å². The molecule has 0 fully saturated rings. The largest absolute Gasteiger partial charge is 0.660 e. The molecule has 0 bridgehead atoms. The highest BCUT2D eigenvalue weighted by atomic mass is 16.5. The number of hydrogen-bond donors (Lipinski definition) is 1. The maximum Gasteiger partial charge on any atom is 0.256 e. The minimum absolute atomic E-state index is 0.0303. The first kappa shape index (κ1) is 9.51. The summed E-state index contributed by atoms with van der Waals surface area (Å²) in [5, 5.41) is 3.62. The molecule has 0 amide bonds. The number of nitrogens with zero attached hydrogens (tertiary/aromatic N) is 2. The number of nitrogens with one attached hydrogen (secondary N) is 2. The van der Waals surface area contributed by atoms with E-state index in [1.165, 1.54) is 11.0 Å². The van der Waals surface area contributed by atoms with Crippen LogP contribution < -0.4 is 10.2 Å². The first-order valence-electron chi connectivity index (χ1n) is 4.67. The van der Waals surface area contributed by atoms with Crippen LogP contribution in [-0.2, 0) is 0 Å². The molecule has 1 heterocycles. The van der Waals surface area contributed by atoms with Gasteiger partial charge in [-0.25, -0.2) is 0 Å². The molecule has 0 spiro atoms. The molecule has 2 aromatic rings.